The molecule has 1 unspecified atom stereocenters. The molecule has 0 aromatic heterocycles. The number of hydrogen-bond acceptors (Lipinski definition) is 4. The fourth-order valence-corrected chi connectivity index (χ4v) is 3.81. The lowest BCUT2D eigenvalue weighted by atomic mass is 10.1. The normalized spacial score (nSPS) is 13.6. The number of sulfone groups is 1. The Morgan fingerprint density at radius 2 is 2.11 bits per heavy atom. The zero-order chi connectivity index (χ0) is 13.8. The van der Waals surface area contributed by atoms with Crippen molar-refractivity contribution >= 4 is 21.6 Å². The first kappa shape index (κ1) is 15.5. The second kappa shape index (κ2) is 6.54. The summed E-state index contributed by atoms with van der Waals surface area (Å²) in [5.41, 5.74) is 6.55. The number of benzene rings is 1. The molecule has 1 rings (SSSR count). The first-order valence-electron chi connectivity index (χ1n) is 5.63. The number of nitrogens with two attached hydrogens (primary N) is 1. The fourth-order valence-electron chi connectivity index (χ4n) is 1.52. The van der Waals surface area contributed by atoms with E-state index < -0.39 is 9.84 Å². The summed E-state index contributed by atoms with van der Waals surface area (Å²) in [5, 5.41) is 0. The van der Waals surface area contributed by atoms with Crippen LogP contribution in [0.2, 0.25) is 0 Å². The average molecular weight is 291 g/mol. The van der Waals surface area contributed by atoms with Gasteiger partial charge in [0.05, 0.1) is 5.75 Å². The molecule has 3 nitrogen and oxygen atoms in total. The van der Waals surface area contributed by atoms with Crippen LogP contribution >= 0.6 is 11.8 Å². The van der Waals surface area contributed by atoms with Gasteiger partial charge >= 0.3 is 0 Å². The molecular formula is C12H18FNO2S2. The molecule has 102 valence electrons. The Balaban J connectivity index is 2.79. The summed E-state index contributed by atoms with van der Waals surface area (Å²) < 4.78 is 35.8. The van der Waals surface area contributed by atoms with Crippen LogP contribution < -0.4 is 5.73 Å². The highest BCUT2D eigenvalue weighted by Crippen LogP contribution is 2.27. The van der Waals surface area contributed by atoms with Crippen molar-refractivity contribution in [1.82, 2.24) is 0 Å². The van der Waals surface area contributed by atoms with Gasteiger partial charge in [-0.15, -0.1) is 11.8 Å². The SMILES string of the molecule is CC(N)Cc1cccc(F)c1SCCS(C)(=O)=O. The van der Waals surface area contributed by atoms with Gasteiger partial charge < -0.3 is 5.73 Å². The van der Waals surface area contributed by atoms with Gasteiger partial charge in [0.1, 0.15) is 15.7 Å². The van der Waals surface area contributed by atoms with E-state index in [1.54, 1.807) is 6.07 Å². The third kappa shape index (κ3) is 5.37. The standard InChI is InChI=1S/C12H18FNO2S2/c1-9(14)8-10-4-3-5-11(13)12(10)17-6-7-18(2,15)16/h3-5,9H,6-8,14H2,1-2H3. The van der Waals surface area contributed by atoms with Crippen molar-refractivity contribution in [3.05, 3.63) is 29.6 Å². The molecular weight excluding hydrogens is 273 g/mol. The van der Waals surface area contributed by atoms with Gasteiger partial charge in [0.15, 0.2) is 0 Å². The third-order valence-electron chi connectivity index (χ3n) is 2.29. The summed E-state index contributed by atoms with van der Waals surface area (Å²) in [6.45, 7) is 1.86. The largest absolute Gasteiger partial charge is 0.328 e. The minimum atomic E-state index is -3.01. The van der Waals surface area contributed by atoms with Crippen molar-refractivity contribution in [3.63, 3.8) is 0 Å². The van der Waals surface area contributed by atoms with Gasteiger partial charge in [-0.05, 0) is 25.0 Å². The molecule has 0 bridgehead atoms. The number of hydrogen-bond donors (Lipinski definition) is 1. The zero-order valence-electron chi connectivity index (χ0n) is 10.5. The summed E-state index contributed by atoms with van der Waals surface area (Å²) in [7, 11) is -3.01. The van der Waals surface area contributed by atoms with Gasteiger partial charge in [-0.25, -0.2) is 12.8 Å². The van der Waals surface area contributed by atoms with E-state index in [9.17, 15) is 12.8 Å². The summed E-state index contributed by atoms with van der Waals surface area (Å²) in [6, 6.07) is 4.80. The van der Waals surface area contributed by atoms with Crippen LogP contribution in [0.25, 0.3) is 0 Å². The quantitative estimate of drug-likeness (QED) is 0.813. The molecule has 6 heteroatoms. The average Bonchev–Trinajstić information content (AvgIpc) is 2.19. The number of rotatable bonds is 6. The van der Waals surface area contributed by atoms with E-state index in [0.717, 1.165) is 5.56 Å². The predicted octanol–water partition coefficient (Wildman–Crippen LogP) is 1.85. The molecule has 0 amide bonds. The van der Waals surface area contributed by atoms with Gasteiger partial charge in [0.25, 0.3) is 0 Å². The van der Waals surface area contributed by atoms with Crippen LogP contribution in [0.3, 0.4) is 0 Å². The molecule has 0 fully saturated rings. The van der Waals surface area contributed by atoms with Crippen LogP contribution in [-0.2, 0) is 16.3 Å². The molecule has 2 N–H and O–H groups in total. The Labute approximate surface area is 112 Å². The van der Waals surface area contributed by atoms with Crippen molar-refractivity contribution in [2.75, 3.05) is 17.8 Å². The third-order valence-corrected chi connectivity index (χ3v) is 4.65. The van der Waals surface area contributed by atoms with Crippen molar-refractivity contribution in [2.45, 2.75) is 24.3 Å². The second-order valence-electron chi connectivity index (χ2n) is 4.39. The maximum Gasteiger partial charge on any atom is 0.148 e. The smallest absolute Gasteiger partial charge is 0.148 e. The maximum absolute atomic E-state index is 13.7. The molecule has 0 aliphatic heterocycles. The summed E-state index contributed by atoms with van der Waals surface area (Å²) in [6.07, 6.45) is 1.76. The van der Waals surface area contributed by atoms with Crippen LogP contribution in [0.15, 0.2) is 23.1 Å². The zero-order valence-corrected chi connectivity index (χ0v) is 12.2. The predicted molar refractivity (Wildman–Crippen MR) is 74.2 cm³/mol. The van der Waals surface area contributed by atoms with Crippen LogP contribution in [0.1, 0.15) is 12.5 Å². The van der Waals surface area contributed by atoms with Crippen molar-refractivity contribution in [3.8, 4) is 0 Å². The Hall–Kier alpha value is -0.590. The van der Waals surface area contributed by atoms with Gasteiger partial charge in [-0.2, -0.15) is 0 Å². The number of halogens is 1. The summed E-state index contributed by atoms with van der Waals surface area (Å²) in [4.78, 5) is 0.512. The summed E-state index contributed by atoms with van der Waals surface area (Å²) >= 11 is 1.23. The van der Waals surface area contributed by atoms with Crippen molar-refractivity contribution < 1.29 is 12.8 Å². The van der Waals surface area contributed by atoms with E-state index in [1.165, 1.54) is 24.1 Å². The highest BCUT2D eigenvalue weighted by molar-refractivity contribution is 8.00. The van der Waals surface area contributed by atoms with E-state index >= 15 is 0 Å². The molecule has 1 atom stereocenters. The minimum Gasteiger partial charge on any atom is -0.328 e. The molecule has 0 heterocycles. The fraction of sp³-hybridized carbons (Fsp3) is 0.500. The lowest BCUT2D eigenvalue weighted by molar-refractivity contribution is 0.592. The first-order valence-corrected chi connectivity index (χ1v) is 8.67. The molecule has 0 aliphatic carbocycles. The van der Waals surface area contributed by atoms with E-state index in [4.69, 9.17) is 5.73 Å². The lowest BCUT2D eigenvalue weighted by Crippen LogP contribution is -2.18. The van der Waals surface area contributed by atoms with Crippen molar-refractivity contribution in [1.29, 1.82) is 0 Å². The van der Waals surface area contributed by atoms with Crippen LogP contribution in [-0.4, -0.2) is 32.2 Å². The van der Waals surface area contributed by atoms with E-state index in [0.29, 0.717) is 17.1 Å². The molecule has 0 radical (unpaired) electrons. The molecule has 1 aromatic rings. The minimum absolute atomic E-state index is 0.0453. The molecule has 0 spiro atoms. The molecule has 18 heavy (non-hydrogen) atoms. The van der Waals surface area contributed by atoms with Gasteiger partial charge in [0, 0.05) is 22.9 Å². The number of thioether (sulfide) groups is 1. The molecule has 0 aliphatic rings. The van der Waals surface area contributed by atoms with Crippen LogP contribution in [0, 0.1) is 5.82 Å². The highest BCUT2D eigenvalue weighted by atomic mass is 32.2. The monoisotopic (exact) mass is 291 g/mol. The second-order valence-corrected chi connectivity index (χ2v) is 7.75. The van der Waals surface area contributed by atoms with Gasteiger partial charge in [-0.3, -0.25) is 0 Å². The van der Waals surface area contributed by atoms with Gasteiger partial charge in [-0.1, -0.05) is 12.1 Å². The summed E-state index contributed by atoms with van der Waals surface area (Å²) in [5.74, 6) is 0.0849. The van der Waals surface area contributed by atoms with Crippen molar-refractivity contribution in [2.24, 2.45) is 5.73 Å². The molecule has 1 aromatic carbocycles. The van der Waals surface area contributed by atoms with Crippen LogP contribution in [0.4, 0.5) is 4.39 Å². The lowest BCUT2D eigenvalue weighted by Gasteiger charge is -2.12. The molecule has 0 saturated heterocycles. The molecule has 0 saturated carbocycles. The van der Waals surface area contributed by atoms with Gasteiger partial charge in [0.2, 0.25) is 0 Å². The Kier molecular flexibility index (Phi) is 5.62. The van der Waals surface area contributed by atoms with E-state index in [-0.39, 0.29) is 17.6 Å². The van der Waals surface area contributed by atoms with E-state index in [2.05, 4.69) is 0 Å². The Morgan fingerprint density at radius 1 is 1.44 bits per heavy atom. The van der Waals surface area contributed by atoms with Crippen LogP contribution in [0.5, 0.6) is 0 Å². The van der Waals surface area contributed by atoms with E-state index in [1.807, 2.05) is 13.0 Å². The Bertz CT molecular complexity index is 501. The Morgan fingerprint density at radius 3 is 2.67 bits per heavy atom. The highest BCUT2D eigenvalue weighted by Gasteiger charge is 2.11. The topological polar surface area (TPSA) is 60.2 Å². The maximum atomic E-state index is 13.7. The first-order chi connectivity index (χ1) is 8.29.